The summed E-state index contributed by atoms with van der Waals surface area (Å²) in [6, 6.07) is 19.0. The number of hydrogen-bond donors (Lipinski definition) is 0. The molecule has 120 valence electrons. The number of amides is 1. The summed E-state index contributed by atoms with van der Waals surface area (Å²) in [5.74, 6) is 0. The number of carbonyl (C=O) groups excluding carboxylic acids is 1. The van der Waals surface area contributed by atoms with Crippen LogP contribution in [-0.4, -0.2) is 43.8 Å². The number of benzene rings is 2. The fraction of sp³-hybridized carbons (Fsp3) is 0.316. The van der Waals surface area contributed by atoms with Gasteiger partial charge >= 0.3 is 6.09 Å². The molecule has 0 spiro atoms. The second-order valence-electron chi connectivity index (χ2n) is 5.59. The van der Waals surface area contributed by atoms with Crippen molar-refractivity contribution in [3.63, 3.8) is 0 Å². The maximum atomic E-state index is 11.7. The van der Waals surface area contributed by atoms with Gasteiger partial charge in [-0.3, -0.25) is 0 Å². The first-order valence-electron chi connectivity index (χ1n) is 8.10. The van der Waals surface area contributed by atoms with E-state index in [1.165, 1.54) is 16.8 Å². The van der Waals surface area contributed by atoms with E-state index < -0.39 is 0 Å². The van der Waals surface area contributed by atoms with Gasteiger partial charge in [0.05, 0.1) is 6.61 Å². The highest BCUT2D eigenvalue weighted by Crippen LogP contribution is 2.23. The standard InChI is InChI=1S/C19H22N2O2/c1-2-23-19(22)21-14-12-20(13-15-21)18-10-8-17(9-11-18)16-6-4-3-5-7-16/h3-11H,2,12-15H2,1H3. The lowest BCUT2D eigenvalue weighted by atomic mass is 10.1. The van der Waals surface area contributed by atoms with Crippen LogP contribution in [0.4, 0.5) is 10.5 Å². The number of anilines is 1. The fourth-order valence-electron chi connectivity index (χ4n) is 2.86. The summed E-state index contributed by atoms with van der Waals surface area (Å²) in [6.45, 7) is 5.36. The van der Waals surface area contributed by atoms with Crippen LogP contribution in [0, 0.1) is 0 Å². The molecule has 1 amide bonds. The van der Waals surface area contributed by atoms with Crippen molar-refractivity contribution in [3.8, 4) is 11.1 Å². The largest absolute Gasteiger partial charge is 0.450 e. The van der Waals surface area contributed by atoms with Gasteiger partial charge in [0.15, 0.2) is 0 Å². The van der Waals surface area contributed by atoms with Gasteiger partial charge in [0, 0.05) is 31.9 Å². The molecule has 2 aromatic carbocycles. The highest BCUT2D eigenvalue weighted by atomic mass is 16.6. The molecular weight excluding hydrogens is 288 g/mol. The molecule has 0 saturated carbocycles. The van der Waals surface area contributed by atoms with Crippen molar-refractivity contribution in [2.75, 3.05) is 37.7 Å². The van der Waals surface area contributed by atoms with Crippen LogP contribution < -0.4 is 4.90 Å². The minimum atomic E-state index is -0.202. The van der Waals surface area contributed by atoms with Gasteiger partial charge in [-0.05, 0) is 30.2 Å². The average Bonchev–Trinajstić information content (AvgIpc) is 2.63. The maximum absolute atomic E-state index is 11.7. The lowest BCUT2D eigenvalue weighted by molar-refractivity contribution is 0.105. The van der Waals surface area contributed by atoms with Crippen LogP contribution in [0.25, 0.3) is 11.1 Å². The van der Waals surface area contributed by atoms with E-state index in [1.807, 2.05) is 13.0 Å². The Morgan fingerprint density at radius 1 is 0.913 bits per heavy atom. The monoisotopic (exact) mass is 310 g/mol. The molecule has 1 fully saturated rings. The summed E-state index contributed by atoms with van der Waals surface area (Å²) in [4.78, 5) is 15.8. The number of hydrogen-bond acceptors (Lipinski definition) is 3. The second-order valence-corrected chi connectivity index (χ2v) is 5.59. The summed E-state index contributed by atoms with van der Waals surface area (Å²) < 4.78 is 5.06. The van der Waals surface area contributed by atoms with E-state index in [9.17, 15) is 4.79 Å². The summed E-state index contributed by atoms with van der Waals surface area (Å²) in [5.41, 5.74) is 3.65. The number of carbonyl (C=O) groups is 1. The molecule has 2 aromatic rings. The van der Waals surface area contributed by atoms with E-state index in [2.05, 4.69) is 53.4 Å². The van der Waals surface area contributed by atoms with Crippen molar-refractivity contribution in [1.82, 2.24) is 4.90 Å². The van der Waals surface area contributed by atoms with Crippen LogP contribution in [0.15, 0.2) is 54.6 Å². The molecule has 0 N–H and O–H groups in total. The Morgan fingerprint density at radius 3 is 2.13 bits per heavy atom. The molecule has 0 aromatic heterocycles. The lowest BCUT2D eigenvalue weighted by Crippen LogP contribution is -2.49. The van der Waals surface area contributed by atoms with E-state index in [0.717, 1.165) is 13.1 Å². The van der Waals surface area contributed by atoms with Crippen molar-refractivity contribution in [2.24, 2.45) is 0 Å². The normalized spacial score (nSPS) is 14.7. The minimum Gasteiger partial charge on any atom is -0.450 e. The average molecular weight is 310 g/mol. The van der Waals surface area contributed by atoms with E-state index in [1.54, 1.807) is 4.90 Å². The highest BCUT2D eigenvalue weighted by Gasteiger charge is 2.21. The Bertz CT molecular complexity index is 632. The van der Waals surface area contributed by atoms with Crippen LogP contribution in [0.1, 0.15) is 6.92 Å². The first kappa shape index (κ1) is 15.4. The molecule has 1 saturated heterocycles. The first-order valence-corrected chi connectivity index (χ1v) is 8.10. The predicted octanol–water partition coefficient (Wildman–Crippen LogP) is 3.63. The summed E-state index contributed by atoms with van der Waals surface area (Å²) in [6.07, 6.45) is -0.202. The zero-order chi connectivity index (χ0) is 16.1. The fourth-order valence-corrected chi connectivity index (χ4v) is 2.86. The van der Waals surface area contributed by atoms with Crippen LogP contribution >= 0.6 is 0 Å². The lowest BCUT2D eigenvalue weighted by Gasteiger charge is -2.35. The van der Waals surface area contributed by atoms with Gasteiger partial charge in [-0.25, -0.2) is 4.79 Å². The van der Waals surface area contributed by atoms with E-state index in [-0.39, 0.29) is 6.09 Å². The maximum Gasteiger partial charge on any atom is 0.409 e. The Kier molecular flexibility index (Phi) is 4.81. The second kappa shape index (κ2) is 7.18. The SMILES string of the molecule is CCOC(=O)N1CCN(c2ccc(-c3ccccc3)cc2)CC1. The van der Waals surface area contributed by atoms with Gasteiger partial charge in [0.1, 0.15) is 0 Å². The molecule has 1 heterocycles. The number of ether oxygens (including phenoxy) is 1. The summed E-state index contributed by atoms with van der Waals surface area (Å²) in [5, 5.41) is 0. The van der Waals surface area contributed by atoms with Gasteiger partial charge < -0.3 is 14.5 Å². The molecule has 0 atom stereocenters. The topological polar surface area (TPSA) is 32.8 Å². The smallest absolute Gasteiger partial charge is 0.409 e. The van der Waals surface area contributed by atoms with Gasteiger partial charge in [-0.15, -0.1) is 0 Å². The number of rotatable bonds is 3. The van der Waals surface area contributed by atoms with Gasteiger partial charge in [-0.2, -0.15) is 0 Å². The minimum absolute atomic E-state index is 0.202. The predicted molar refractivity (Wildman–Crippen MR) is 92.7 cm³/mol. The molecule has 23 heavy (non-hydrogen) atoms. The van der Waals surface area contributed by atoms with Crippen molar-refractivity contribution >= 4 is 11.8 Å². The molecule has 4 heteroatoms. The number of piperazine rings is 1. The molecule has 4 nitrogen and oxygen atoms in total. The molecule has 3 rings (SSSR count). The highest BCUT2D eigenvalue weighted by molar-refractivity contribution is 5.69. The Hall–Kier alpha value is -2.49. The Morgan fingerprint density at radius 2 is 1.52 bits per heavy atom. The molecular formula is C19H22N2O2. The molecule has 0 unspecified atom stereocenters. The first-order chi connectivity index (χ1) is 11.3. The van der Waals surface area contributed by atoms with Crippen molar-refractivity contribution in [1.29, 1.82) is 0 Å². The number of nitrogens with zero attached hydrogens (tertiary/aromatic N) is 2. The third-order valence-electron chi connectivity index (χ3n) is 4.15. The third-order valence-corrected chi connectivity index (χ3v) is 4.15. The Labute approximate surface area is 137 Å². The molecule has 0 bridgehead atoms. The zero-order valence-corrected chi connectivity index (χ0v) is 13.4. The van der Waals surface area contributed by atoms with Gasteiger partial charge in [0.2, 0.25) is 0 Å². The zero-order valence-electron chi connectivity index (χ0n) is 13.4. The molecule has 0 aliphatic carbocycles. The Balaban J connectivity index is 1.62. The molecule has 0 radical (unpaired) electrons. The van der Waals surface area contributed by atoms with Crippen molar-refractivity contribution in [3.05, 3.63) is 54.6 Å². The van der Waals surface area contributed by atoms with Crippen LogP contribution in [0.5, 0.6) is 0 Å². The van der Waals surface area contributed by atoms with E-state index in [4.69, 9.17) is 4.74 Å². The van der Waals surface area contributed by atoms with Crippen molar-refractivity contribution in [2.45, 2.75) is 6.92 Å². The van der Waals surface area contributed by atoms with Crippen LogP contribution in [0.3, 0.4) is 0 Å². The van der Waals surface area contributed by atoms with Crippen LogP contribution in [-0.2, 0) is 4.74 Å². The summed E-state index contributed by atoms with van der Waals surface area (Å²) in [7, 11) is 0. The van der Waals surface area contributed by atoms with Crippen molar-refractivity contribution < 1.29 is 9.53 Å². The quantitative estimate of drug-likeness (QED) is 0.868. The van der Waals surface area contributed by atoms with Gasteiger partial charge in [0.25, 0.3) is 0 Å². The van der Waals surface area contributed by atoms with Gasteiger partial charge in [-0.1, -0.05) is 42.5 Å². The molecule has 1 aliphatic rings. The molecule has 1 aliphatic heterocycles. The summed E-state index contributed by atoms with van der Waals surface area (Å²) >= 11 is 0. The third kappa shape index (κ3) is 3.65. The van der Waals surface area contributed by atoms with Crippen LogP contribution in [0.2, 0.25) is 0 Å². The van der Waals surface area contributed by atoms with E-state index >= 15 is 0 Å². The van der Waals surface area contributed by atoms with E-state index in [0.29, 0.717) is 19.7 Å².